The first-order valence-corrected chi connectivity index (χ1v) is 7.44. The molecule has 0 amide bonds. The van der Waals surface area contributed by atoms with Gasteiger partial charge in [-0.3, -0.25) is 9.13 Å². The second-order valence-electron chi connectivity index (χ2n) is 3.22. The van der Waals surface area contributed by atoms with Crippen molar-refractivity contribution in [3.05, 3.63) is 29.8 Å². The molecule has 1 aromatic carbocycles. The lowest BCUT2D eigenvalue weighted by Gasteiger charge is -2.19. The first-order chi connectivity index (χ1) is 7.12. The zero-order valence-electron chi connectivity index (χ0n) is 7.96. The smallest absolute Gasteiger partial charge is 0.345 e. The van der Waals surface area contributed by atoms with Crippen LogP contribution in [0.1, 0.15) is 11.0 Å². The predicted octanol–water partition coefficient (Wildman–Crippen LogP) is 0.623. The molecule has 16 heavy (non-hydrogen) atoms. The van der Waals surface area contributed by atoms with Gasteiger partial charge in [-0.15, -0.1) is 0 Å². The SMILES string of the molecule is Nc1ccc(C(P(=O)(O)O)P(=O)(O)O)cc1. The second-order valence-corrected chi connectivity index (χ2v) is 7.02. The highest BCUT2D eigenvalue weighted by atomic mass is 31.2. The number of hydrogen-bond acceptors (Lipinski definition) is 3. The number of nitrogen functional groups attached to an aromatic ring is 1. The molecule has 0 saturated heterocycles. The summed E-state index contributed by atoms with van der Waals surface area (Å²) >= 11 is 0. The maximum atomic E-state index is 11.0. The molecule has 0 atom stereocenters. The van der Waals surface area contributed by atoms with E-state index in [2.05, 4.69) is 0 Å². The fraction of sp³-hybridized carbons (Fsp3) is 0.143. The van der Waals surface area contributed by atoms with E-state index in [1.807, 2.05) is 0 Å². The summed E-state index contributed by atoms with van der Waals surface area (Å²) in [5.41, 5.74) is 5.55. The minimum absolute atomic E-state index is 0.143. The van der Waals surface area contributed by atoms with Gasteiger partial charge in [0, 0.05) is 5.69 Å². The summed E-state index contributed by atoms with van der Waals surface area (Å²) < 4.78 is 22.1. The maximum absolute atomic E-state index is 11.0. The lowest BCUT2D eigenvalue weighted by Crippen LogP contribution is -2.01. The van der Waals surface area contributed by atoms with Gasteiger partial charge in [0.05, 0.1) is 0 Å². The van der Waals surface area contributed by atoms with E-state index in [0.29, 0.717) is 5.69 Å². The van der Waals surface area contributed by atoms with E-state index in [1.165, 1.54) is 24.3 Å². The quantitative estimate of drug-likeness (QED) is 0.399. The third-order valence-corrected chi connectivity index (χ3v) is 5.55. The highest BCUT2D eigenvalue weighted by Gasteiger charge is 2.44. The average Bonchev–Trinajstić information content (AvgIpc) is 2.03. The van der Waals surface area contributed by atoms with Crippen molar-refractivity contribution in [1.82, 2.24) is 0 Å². The van der Waals surface area contributed by atoms with E-state index in [1.54, 1.807) is 0 Å². The van der Waals surface area contributed by atoms with Crippen molar-refractivity contribution in [2.24, 2.45) is 0 Å². The van der Waals surface area contributed by atoms with Crippen LogP contribution in [0.4, 0.5) is 5.69 Å². The molecule has 0 heterocycles. The molecule has 0 aliphatic rings. The lowest BCUT2D eigenvalue weighted by atomic mass is 10.2. The molecule has 0 saturated carbocycles. The van der Waals surface area contributed by atoms with Gasteiger partial charge in [0.2, 0.25) is 0 Å². The summed E-state index contributed by atoms with van der Waals surface area (Å²) in [4.78, 5) is 35.7. The molecule has 9 heteroatoms. The average molecular weight is 267 g/mol. The fourth-order valence-corrected chi connectivity index (χ4v) is 3.94. The Morgan fingerprint density at radius 2 is 1.31 bits per heavy atom. The molecule has 0 spiro atoms. The third kappa shape index (κ3) is 3.15. The Morgan fingerprint density at radius 3 is 1.62 bits per heavy atom. The summed E-state index contributed by atoms with van der Waals surface area (Å²) in [7, 11) is -9.88. The molecule has 90 valence electrons. The standard InChI is InChI=1S/C7H11NO6P2/c8-6-3-1-5(2-4-6)7(15(9,10)11)16(12,13)14/h1-4,7H,8H2,(H2,9,10,11)(H2,12,13,14). The number of benzene rings is 1. The minimum atomic E-state index is -4.94. The first kappa shape index (κ1) is 13.4. The Hall–Kier alpha value is -0.680. The highest BCUT2D eigenvalue weighted by molar-refractivity contribution is 7.70. The van der Waals surface area contributed by atoms with Crippen LogP contribution in [0.2, 0.25) is 0 Å². The lowest BCUT2D eigenvalue weighted by molar-refractivity contribution is 0.340. The van der Waals surface area contributed by atoms with E-state index in [9.17, 15) is 9.13 Å². The van der Waals surface area contributed by atoms with Crippen LogP contribution in [0.15, 0.2) is 24.3 Å². The molecule has 6 N–H and O–H groups in total. The summed E-state index contributed by atoms with van der Waals surface area (Å²) in [5, 5.41) is -2.14. The summed E-state index contributed by atoms with van der Waals surface area (Å²) in [6.07, 6.45) is 0. The largest absolute Gasteiger partial charge is 0.399 e. The van der Waals surface area contributed by atoms with Crippen LogP contribution in [-0.4, -0.2) is 19.6 Å². The van der Waals surface area contributed by atoms with Gasteiger partial charge >= 0.3 is 15.2 Å². The molecule has 1 rings (SSSR count). The van der Waals surface area contributed by atoms with E-state index in [-0.39, 0.29) is 5.56 Å². The molecular weight excluding hydrogens is 256 g/mol. The highest BCUT2D eigenvalue weighted by Crippen LogP contribution is 2.69. The van der Waals surface area contributed by atoms with Crippen LogP contribution in [0.5, 0.6) is 0 Å². The molecule has 0 radical (unpaired) electrons. The minimum Gasteiger partial charge on any atom is -0.399 e. The Balaban J connectivity index is 3.29. The summed E-state index contributed by atoms with van der Waals surface area (Å²) in [5.74, 6) is 0. The predicted molar refractivity (Wildman–Crippen MR) is 57.7 cm³/mol. The van der Waals surface area contributed by atoms with Gasteiger partial charge < -0.3 is 25.3 Å². The fourth-order valence-electron chi connectivity index (χ4n) is 1.25. The number of anilines is 1. The van der Waals surface area contributed by atoms with Crippen LogP contribution < -0.4 is 5.73 Å². The van der Waals surface area contributed by atoms with E-state index in [0.717, 1.165) is 0 Å². The van der Waals surface area contributed by atoms with Crippen LogP contribution in [0, 0.1) is 0 Å². The van der Waals surface area contributed by atoms with Gasteiger partial charge in [-0.2, -0.15) is 0 Å². The van der Waals surface area contributed by atoms with E-state index >= 15 is 0 Å². The zero-order valence-corrected chi connectivity index (χ0v) is 9.75. The van der Waals surface area contributed by atoms with Gasteiger partial charge in [-0.25, -0.2) is 0 Å². The Kier molecular flexibility index (Phi) is 3.59. The molecule has 0 aliphatic carbocycles. The molecule has 1 aromatic rings. The Morgan fingerprint density at radius 1 is 0.938 bits per heavy atom. The van der Waals surface area contributed by atoms with Crippen molar-refractivity contribution in [3.63, 3.8) is 0 Å². The van der Waals surface area contributed by atoms with Crippen molar-refractivity contribution in [2.45, 2.75) is 5.40 Å². The maximum Gasteiger partial charge on any atom is 0.345 e. The molecule has 0 fully saturated rings. The van der Waals surface area contributed by atoms with Crippen LogP contribution in [0.25, 0.3) is 0 Å². The van der Waals surface area contributed by atoms with Crippen LogP contribution >= 0.6 is 15.2 Å². The van der Waals surface area contributed by atoms with E-state index < -0.39 is 20.6 Å². The Bertz CT molecular complexity index is 438. The summed E-state index contributed by atoms with van der Waals surface area (Å²) in [6, 6.07) is 4.98. The van der Waals surface area contributed by atoms with Crippen LogP contribution in [0.3, 0.4) is 0 Å². The van der Waals surface area contributed by atoms with Crippen molar-refractivity contribution >= 4 is 20.9 Å². The third-order valence-electron chi connectivity index (χ3n) is 1.87. The molecule has 0 aliphatic heterocycles. The van der Waals surface area contributed by atoms with Gasteiger partial charge in [0.1, 0.15) is 0 Å². The molecule has 0 bridgehead atoms. The molecule has 0 unspecified atom stereocenters. The van der Waals surface area contributed by atoms with Gasteiger partial charge in [0.15, 0.2) is 5.40 Å². The molecular formula is C7H11NO6P2. The topological polar surface area (TPSA) is 141 Å². The van der Waals surface area contributed by atoms with Gasteiger partial charge in [-0.05, 0) is 17.7 Å². The zero-order chi connectivity index (χ0) is 12.6. The number of rotatable bonds is 3. The normalized spacial score (nSPS) is 13.1. The first-order valence-electron chi connectivity index (χ1n) is 4.08. The van der Waals surface area contributed by atoms with Crippen molar-refractivity contribution < 1.29 is 28.7 Å². The summed E-state index contributed by atoms with van der Waals surface area (Å²) in [6.45, 7) is 0. The van der Waals surface area contributed by atoms with Gasteiger partial charge in [-0.1, -0.05) is 12.1 Å². The number of hydrogen-bond donors (Lipinski definition) is 5. The second kappa shape index (κ2) is 4.30. The van der Waals surface area contributed by atoms with Crippen molar-refractivity contribution in [2.75, 3.05) is 5.73 Å². The number of nitrogens with two attached hydrogens (primary N) is 1. The van der Waals surface area contributed by atoms with Crippen molar-refractivity contribution in [1.29, 1.82) is 0 Å². The monoisotopic (exact) mass is 267 g/mol. The van der Waals surface area contributed by atoms with Gasteiger partial charge in [0.25, 0.3) is 0 Å². The molecule has 7 nitrogen and oxygen atoms in total. The molecule has 0 aromatic heterocycles. The van der Waals surface area contributed by atoms with E-state index in [4.69, 9.17) is 25.3 Å². The Labute approximate surface area is 91.2 Å². The van der Waals surface area contributed by atoms with Crippen molar-refractivity contribution in [3.8, 4) is 0 Å². The van der Waals surface area contributed by atoms with Crippen LogP contribution in [-0.2, 0) is 9.13 Å².